The molecular formula is C50H44Cl4Zr-2. The van der Waals surface area contributed by atoms with Crippen LogP contribution in [0.3, 0.4) is 0 Å². The molecule has 278 valence electrons. The van der Waals surface area contributed by atoms with Crippen LogP contribution in [0.25, 0.3) is 33.4 Å². The Hall–Kier alpha value is -3.42. The Morgan fingerprint density at radius 2 is 1.20 bits per heavy atom. The van der Waals surface area contributed by atoms with E-state index < -0.39 is 0 Å². The van der Waals surface area contributed by atoms with Crippen LogP contribution < -0.4 is 24.8 Å². The first-order valence-corrected chi connectivity index (χ1v) is 20.2. The number of benzene rings is 6. The Bertz CT molecular complexity index is 2130. The number of halogens is 4. The first-order valence-electron chi connectivity index (χ1n) is 18.2. The summed E-state index contributed by atoms with van der Waals surface area (Å²) in [6, 6.07) is 58.7. The van der Waals surface area contributed by atoms with Crippen molar-refractivity contribution < 1.29 is 49.0 Å². The Kier molecular flexibility index (Phi) is 16.6. The van der Waals surface area contributed by atoms with Crippen molar-refractivity contribution in [2.45, 2.75) is 52.4 Å². The van der Waals surface area contributed by atoms with E-state index >= 15 is 0 Å². The van der Waals surface area contributed by atoms with Crippen molar-refractivity contribution in [2.24, 2.45) is 0 Å². The van der Waals surface area contributed by atoms with E-state index in [0.29, 0.717) is 5.41 Å². The van der Waals surface area contributed by atoms with Crippen molar-refractivity contribution in [1.29, 1.82) is 0 Å². The van der Waals surface area contributed by atoms with Crippen LogP contribution in [0.2, 0.25) is 10.0 Å². The molecule has 0 heterocycles. The van der Waals surface area contributed by atoms with Gasteiger partial charge in [0.25, 0.3) is 0 Å². The monoisotopic (exact) mass is 874 g/mol. The number of fused-ring (bicyclic) bond motifs is 3. The van der Waals surface area contributed by atoms with Crippen molar-refractivity contribution in [3.8, 4) is 33.4 Å². The summed E-state index contributed by atoms with van der Waals surface area (Å²) in [4.78, 5) is 0. The van der Waals surface area contributed by atoms with Gasteiger partial charge in [0, 0.05) is 0 Å². The second-order valence-corrected chi connectivity index (χ2v) is 16.5. The molecule has 7 aromatic carbocycles. The standard InChI is InChI=1S/C25H17.C13H8Cl2.C12H19.2ClH.Zr/c1-3-7-18(8-4-1)20-11-13-24-22(15-20)17-23-16-21(12-14-25(23)24)19-9-5-2-6-10-19;14-12-5-1-10(2-6-12)9-11-3-7-13(15)8-4-11;1-5-6-10-7-8-11(9-10)12(2,3)4;;;/h1-15H,17H2;1-8H;7-9H,5-6H2,1-4H3;2*1H;/q-1;;-1;;;+2/p-2. The van der Waals surface area contributed by atoms with E-state index in [2.05, 4.69) is 143 Å². The van der Waals surface area contributed by atoms with Crippen LogP contribution in [0.1, 0.15) is 67.5 Å². The molecule has 7 aromatic rings. The summed E-state index contributed by atoms with van der Waals surface area (Å²) in [5, 5.41) is 1.53. The van der Waals surface area contributed by atoms with Crippen LogP contribution in [0.15, 0.2) is 158 Å². The largest absolute Gasteiger partial charge is 1.00 e. The zero-order valence-electron chi connectivity index (χ0n) is 31.6. The normalized spacial score (nSPS) is 11.0. The molecule has 0 spiro atoms. The van der Waals surface area contributed by atoms with Crippen LogP contribution in [0.5, 0.6) is 0 Å². The van der Waals surface area contributed by atoms with E-state index in [1.807, 2.05) is 48.5 Å². The predicted molar refractivity (Wildman–Crippen MR) is 225 cm³/mol. The average Bonchev–Trinajstić information content (AvgIpc) is 3.81. The predicted octanol–water partition coefficient (Wildman–Crippen LogP) is 8.16. The van der Waals surface area contributed by atoms with Crippen LogP contribution in [-0.4, -0.2) is 3.21 Å². The quantitative estimate of drug-likeness (QED) is 0.148. The summed E-state index contributed by atoms with van der Waals surface area (Å²) >= 11 is 13.1. The number of aryl methyl sites for hydroxylation is 1. The molecule has 0 amide bonds. The summed E-state index contributed by atoms with van der Waals surface area (Å²) in [7, 11) is 0. The zero-order chi connectivity index (χ0) is 37.4. The molecule has 0 unspecified atom stereocenters. The van der Waals surface area contributed by atoms with Gasteiger partial charge in [-0.15, -0.1) is 29.3 Å². The molecule has 0 fully saturated rings. The third kappa shape index (κ3) is 11.8. The van der Waals surface area contributed by atoms with Crippen molar-refractivity contribution >= 4 is 26.4 Å². The summed E-state index contributed by atoms with van der Waals surface area (Å²) in [5.74, 6) is 0. The molecule has 0 aromatic heterocycles. The van der Waals surface area contributed by atoms with E-state index in [1.54, 1.807) is 0 Å². The van der Waals surface area contributed by atoms with Crippen molar-refractivity contribution in [3.05, 3.63) is 207 Å². The van der Waals surface area contributed by atoms with E-state index in [9.17, 15) is 0 Å². The zero-order valence-corrected chi connectivity index (χ0v) is 37.1. The van der Waals surface area contributed by atoms with Gasteiger partial charge in [-0.2, -0.15) is 23.3 Å². The fourth-order valence-electron chi connectivity index (χ4n) is 6.52. The molecule has 1 aliphatic carbocycles. The van der Waals surface area contributed by atoms with E-state index in [4.69, 9.17) is 23.2 Å². The van der Waals surface area contributed by atoms with Crippen molar-refractivity contribution in [2.75, 3.05) is 0 Å². The summed E-state index contributed by atoms with van der Waals surface area (Å²) in [6.45, 7) is 9.01. The number of hydrogen-bond acceptors (Lipinski definition) is 0. The van der Waals surface area contributed by atoms with E-state index in [0.717, 1.165) is 16.5 Å². The van der Waals surface area contributed by atoms with Crippen LogP contribution in [0.4, 0.5) is 0 Å². The molecule has 55 heavy (non-hydrogen) atoms. The molecule has 5 heteroatoms. The van der Waals surface area contributed by atoms with Crippen LogP contribution in [-0.2, 0) is 42.5 Å². The van der Waals surface area contributed by atoms with Gasteiger partial charge in [0.1, 0.15) is 0 Å². The van der Waals surface area contributed by atoms with Gasteiger partial charge in [-0.3, -0.25) is 0 Å². The van der Waals surface area contributed by atoms with E-state index in [1.165, 1.54) is 107 Å². The van der Waals surface area contributed by atoms with Gasteiger partial charge in [-0.25, -0.2) is 6.07 Å². The molecule has 0 atom stereocenters. The molecule has 0 saturated carbocycles. The molecular weight excluding hydrogens is 834 g/mol. The van der Waals surface area contributed by atoms with Gasteiger partial charge >= 0.3 is 120 Å². The molecule has 0 radical (unpaired) electrons. The maximum atomic E-state index is 5.86. The molecule has 0 bridgehead atoms. The first-order chi connectivity index (χ1) is 25.6. The Balaban J connectivity index is 0.000000195. The Morgan fingerprint density at radius 3 is 1.73 bits per heavy atom. The minimum Gasteiger partial charge on any atom is -1.00 e. The maximum Gasteiger partial charge on any atom is -0.0181 e. The van der Waals surface area contributed by atoms with Gasteiger partial charge < -0.3 is 24.8 Å². The summed E-state index contributed by atoms with van der Waals surface area (Å²) in [5.41, 5.74) is 16.0. The molecule has 1 aliphatic rings. The third-order valence-corrected chi connectivity index (χ3v) is 11.4. The summed E-state index contributed by atoms with van der Waals surface area (Å²) in [6.07, 6.45) is 3.43. The molecule has 0 aliphatic heterocycles. The molecule has 0 N–H and O–H groups in total. The minimum atomic E-state index is 0. The SMILES string of the molecule is CCCc1cc(C(C)(C)C)c[cH-]1.Clc1ccc([C](=[Zr+2])c2ccc(Cl)cc2)cc1.[Cl-].[Cl-].[c-]1c(-c2ccccc2)ccc2c1Cc1cc(-c3ccccc3)ccc1-2. The van der Waals surface area contributed by atoms with Crippen molar-refractivity contribution in [1.82, 2.24) is 0 Å². The molecule has 8 rings (SSSR count). The maximum absolute atomic E-state index is 5.86. The van der Waals surface area contributed by atoms with Gasteiger partial charge in [-0.05, 0) is 23.1 Å². The first kappa shape index (κ1) is 44.3. The number of hydrogen-bond donors (Lipinski definition) is 0. The Morgan fingerprint density at radius 1 is 0.655 bits per heavy atom. The third-order valence-electron chi connectivity index (χ3n) is 9.47. The van der Waals surface area contributed by atoms with E-state index in [-0.39, 0.29) is 24.8 Å². The van der Waals surface area contributed by atoms with Gasteiger partial charge in [0.05, 0.1) is 0 Å². The van der Waals surface area contributed by atoms with Crippen molar-refractivity contribution in [3.63, 3.8) is 0 Å². The minimum absolute atomic E-state index is 0. The molecule has 0 saturated heterocycles. The topological polar surface area (TPSA) is 0 Å². The second kappa shape index (κ2) is 20.7. The average molecular weight is 878 g/mol. The van der Waals surface area contributed by atoms with Gasteiger partial charge in [0.2, 0.25) is 0 Å². The fraction of sp³-hybridized carbons (Fsp3) is 0.160. The van der Waals surface area contributed by atoms with Crippen LogP contribution in [0, 0.1) is 6.07 Å². The van der Waals surface area contributed by atoms with Gasteiger partial charge in [-0.1, -0.05) is 142 Å². The fourth-order valence-corrected chi connectivity index (χ4v) is 7.59. The second-order valence-electron chi connectivity index (χ2n) is 14.4. The number of rotatable bonds is 6. The van der Waals surface area contributed by atoms with Crippen LogP contribution >= 0.6 is 23.2 Å². The Labute approximate surface area is 365 Å². The molecule has 0 nitrogen and oxygen atoms in total. The summed E-state index contributed by atoms with van der Waals surface area (Å²) < 4.78 is 1.31. The smallest absolute Gasteiger partial charge is 0.0181 e. The van der Waals surface area contributed by atoms with Gasteiger partial charge in [0.15, 0.2) is 0 Å².